The van der Waals surface area contributed by atoms with Crippen LogP contribution in [0.25, 0.3) is 0 Å². The molecule has 0 spiro atoms. The van der Waals surface area contributed by atoms with E-state index in [2.05, 4.69) is 92.1 Å². The van der Waals surface area contributed by atoms with Crippen molar-refractivity contribution in [2.75, 3.05) is 13.2 Å². The second-order valence-electron chi connectivity index (χ2n) is 29.2. The number of ether oxygens (including phenoxy) is 2. The molecule has 1 heterocycles. The molecule has 0 aromatic carbocycles. The minimum Gasteiger partial charge on any atom is -0.394 e. The lowest BCUT2D eigenvalue weighted by atomic mass is 9.99. The van der Waals surface area contributed by atoms with Crippen LogP contribution in [0, 0.1) is 0 Å². The van der Waals surface area contributed by atoms with Crippen LogP contribution in [0.4, 0.5) is 0 Å². The van der Waals surface area contributed by atoms with Crippen LogP contribution < -0.4 is 5.32 Å². The van der Waals surface area contributed by atoms with Gasteiger partial charge in [-0.2, -0.15) is 0 Å². The molecule has 0 aromatic rings. The molecule has 1 saturated heterocycles. The minimum atomic E-state index is -1.58. The van der Waals surface area contributed by atoms with E-state index in [0.29, 0.717) is 6.42 Å². The summed E-state index contributed by atoms with van der Waals surface area (Å²) < 4.78 is 11.3. The SMILES string of the molecule is CC/C=C\C/C=C\C/C=C\C/C=C\CCCCCCCCCCCCCCCCCCCCCCCCCCCCCCC(=O)NC(COC1OC(CO)C(O)C(O)C1O)C(O)/C=C/CC/C=C/CC/C=C/CCCCCCCCCCCCCCCCCCCCCCCCC. The molecule has 6 N–H and O–H groups in total. The van der Waals surface area contributed by atoms with Gasteiger partial charge in [-0.3, -0.25) is 4.79 Å². The van der Waals surface area contributed by atoms with Crippen molar-refractivity contribution in [1.29, 1.82) is 0 Å². The topological polar surface area (TPSA) is 149 Å². The lowest BCUT2D eigenvalue weighted by Crippen LogP contribution is -2.60. The van der Waals surface area contributed by atoms with Crippen molar-refractivity contribution in [3.8, 4) is 0 Å². The quantitative estimate of drug-likeness (QED) is 0.0261. The van der Waals surface area contributed by atoms with E-state index < -0.39 is 49.5 Å². The Morgan fingerprint density at radius 2 is 0.649 bits per heavy atom. The number of carbonyl (C=O) groups is 1. The van der Waals surface area contributed by atoms with Crippen LogP contribution in [0.1, 0.15) is 412 Å². The lowest BCUT2D eigenvalue weighted by Gasteiger charge is -2.40. The summed E-state index contributed by atoms with van der Waals surface area (Å²) in [6.45, 7) is 3.70. The summed E-state index contributed by atoms with van der Waals surface area (Å²) in [7, 11) is 0. The van der Waals surface area contributed by atoms with Crippen LogP contribution in [0.2, 0.25) is 0 Å². The summed E-state index contributed by atoms with van der Waals surface area (Å²) in [6.07, 6.45) is 103. The smallest absolute Gasteiger partial charge is 0.220 e. The Bertz CT molecular complexity index is 1820. The first-order valence-corrected chi connectivity index (χ1v) is 42.3. The largest absolute Gasteiger partial charge is 0.394 e. The Hall–Kier alpha value is -2.63. The monoisotopic (exact) mass is 1360 g/mol. The van der Waals surface area contributed by atoms with Gasteiger partial charge in [-0.25, -0.2) is 0 Å². The van der Waals surface area contributed by atoms with Crippen molar-refractivity contribution in [3.63, 3.8) is 0 Å². The maximum Gasteiger partial charge on any atom is 0.220 e. The third-order valence-corrected chi connectivity index (χ3v) is 19.9. The Morgan fingerprint density at radius 1 is 0.361 bits per heavy atom. The number of unbranched alkanes of at least 4 members (excludes halogenated alkanes) is 53. The fraction of sp³-hybridized carbons (Fsp3) is 0.830. The Morgan fingerprint density at radius 3 is 0.990 bits per heavy atom. The van der Waals surface area contributed by atoms with E-state index >= 15 is 0 Å². The van der Waals surface area contributed by atoms with Gasteiger partial charge >= 0.3 is 0 Å². The molecule has 0 aliphatic carbocycles. The number of hydrogen-bond acceptors (Lipinski definition) is 8. The predicted molar refractivity (Wildman–Crippen MR) is 419 cm³/mol. The van der Waals surface area contributed by atoms with Crippen molar-refractivity contribution in [2.24, 2.45) is 0 Å². The number of rotatable bonds is 75. The molecule has 0 bridgehead atoms. The zero-order valence-electron chi connectivity index (χ0n) is 63.8. The van der Waals surface area contributed by atoms with Gasteiger partial charge in [-0.05, 0) is 83.5 Å². The molecule has 0 radical (unpaired) electrons. The summed E-state index contributed by atoms with van der Waals surface area (Å²) >= 11 is 0. The average Bonchev–Trinajstić information content (AvgIpc) is 0.854. The highest BCUT2D eigenvalue weighted by Gasteiger charge is 2.44. The van der Waals surface area contributed by atoms with Gasteiger partial charge in [0.15, 0.2) is 6.29 Å². The van der Waals surface area contributed by atoms with E-state index in [1.54, 1.807) is 6.08 Å². The van der Waals surface area contributed by atoms with Gasteiger partial charge in [0.05, 0.1) is 25.4 Å². The molecule has 1 amide bonds. The summed E-state index contributed by atoms with van der Waals surface area (Å²) in [4.78, 5) is 13.2. The van der Waals surface area contributed by atoms with Crippen molar-refractivity contribution >= 4 is 5.91 Å². The average molecular weight is 1360 g/mol. The normalized spacial score (nSPS) is 17.8. The molecule has 0 saturated carbocycles. The molecule has 1 aliphatic rings. The van der Waals surface area contributed by atoms with Crippen molar-refractivity contribution in [3.05, 3.63) is 85.1 Å². The summed E-state index contributed by atoms with van der Waals surface area (Å²) in [5, 5.41) is 54.9. The van der Waals surface area contributed by atoms with Gasteiger partial charge in [-0.1, -0.05) is 407 Å². The molecular formula is C88H161NO8. The highest BCUT2D eigenvalue weighted by atomic mass is 16.7. The maximum atomic E-state index is 13.2. The van der Waals surface area contributed by atoms with Crippen molar-refractivity contribution in [1.82, 2.24) is 5.32 Å². The molecule has 9 nitrogen and oxygen atoms in total. The first-order chi connectivity index (χ1) is 47.8. The van der Waals surface area contributed by atoms with Crippen molar-refractivity contribution < 1.29 is 39.8 Å². The highest BCUT2D eigenvalue weighted by Crippen LogP contribution is 2.24. The molecule has 9 heteroatoms. The molecule has 566 valence electrons. The third kappa shape index (κ3) is 64.0. The summed E-state index contributed by atoms with van der Waals surface area (Å²) in [6, 6.07) is -0.832. The number of aliphatic hydroxyl groups is 5. The van der Waals surface area contributed by atoms with Gasteiger partial charge in [-0.15, -0.1) is 0 Å². The van der Waals surface area contributed by atoms with Crippen LogP contribution in [0.5, 0.6) is 0 Å². The number of aliphatic hydroxyl groups excluding tert-OH is 5. The lowest BCUT2D eigenvalue weighted by molar-refractivity contribution is -0.302. The Kier molecular flexibility index (Phi) is 72.4. The number of allylic oxidation sites excluding steroid dienone is 13. The van der Waals surface area contributed by atoms with Gasteiger partial charge in [0, 0.05) is 6.42 Å². The molecule has 1 fully saturated rings. The molecule has 1 aliphatic heterocycles. The van der Waals surface area contributed by atoms with E-state index in [0.717, 1.165) is 70.6 Å². The summed E-state index contributed by atoms with van der Waals surface area (Å²) in [5.41, 5.74) is 0. The number of carbonyl (C=O) groups excluding carboxylic acids is 1. The first kappa shape index (κ1) is 92.4. The fourth-order valence-electron chi connectivity index (χ4n) is 13.4. The van der Waals surface area contributed by atoms with Crippen LogP contribution in [-0.4, -0.2) is 87.5 Å². The number of amides is 1. The molecule has 1 rings (SSSR count). The van der Waals surface area contributed by atoms with Gasteiger partial charge in [0.2, 0.25) is 5.91 Å². The van der Waals surface area contributed by atoms with Crippen molar-refractivity contribution in [2.45, 2.75) is 455 Å². The van der Waals surface area contributed by atoms with E-state index in [-0.39, 0.29) is 12.5 Å². The van der Waals surface area contributed by atoms with Gasteiger partial charge < -0.3 is 40.3 Å². The first-order valence-electron chi connectivity index (χ1n) is 42.3. The Labute approximate surface area is 601 Å². The molecular weight excluding hydrogens is 1200 g/mol. The summed E-state index contributed by atoms with van der Waals surface area (Å²) in [5.74, 6) is -0.184. The van der Waals surface area contributed by atoms with Crippen LogP contribution >= 0.6 is 0 Å². The van der Waals surface area contributed by atoms with Crippen LogP contribution in [0.15, 0.2) is 85.1 Å². The van der Waals surface area contributed by atoms with E-state index in [1.165, 1.54) is 321 Å². The highest BCUT2D eigenvalue weighted by molar-refractivity contribution is 5.76. The molecule has 7 unspecified atom stereocenters. The third-order valence-electron chi connectivity index (χ3n) is 19.9. The second kappa shape index (κ2) is 76.0. The standard InChI is InChI=1S/C88H161NO8/c1-3-5-7-9-11-13-15-17-19-21-23-25-27-29-31-33-35-37-38-39-40-41-42-43-44-46-48-50-52-54-56-58-60-62-64-66-68-70-72-74-76-78-84(92)89-81(80-96-88-87(95)86(94)85(93)83(79-90)97-88)82(91)77-75-73-71-69-67-65-63-61-59-57-55-53-51-49-47-45-36-34-32-30-28-26-24-22-20-18-16-14-12-10-8-6-4-2/h5,7,11,13,17,19,23,25,59,61,67,69,75,77,81-83,85-88,90-91,93-95H,3-4,6,8-10,12,14-16,18,20-22,24,26-58,60,62-66,68,70-74,76,78-80H2,1-2H3,(H,89,92)/b7-5-,13-11-,19-17-,25-23-,61-59+,69-67+,77-75+. The zero-order valence-corrected chi connectivity index (χ0v) is 63.8. The van der Waals surface area contributed by atoms with Crippen LogP contribution in [-0.2, 0) is 14.3 Å². The van der Waals surface area contributed by atoms with E-state index in [4.69, 9.17) is 9.47 Å². The van der Waals surface area contributed by atoms with Gasteiger partial charge in [0.25, 0.3) is 0 Å². The molecule has 0 aromatic heterocycles. The second-order valence-corrected chi connectivity index (χ2v) is 29.2. The Balaban J connectivity index is 2.06. The molecule has 97 heavy (non-hydrogen) atoms. The minimum absolute atomic E-state index is 0.184. The zero-order chi connectivity index (χ0) is 69.9. The fourth-order valence-corrected chi connectivity index (χ4v) is 13.4. The predicted octanol–water partition coefficient (Wildman–Crippen LogP) is 24.8. The molecule has 7 atom stereocenters. The van der Waals surface area contributed by atoms with E-state index in [9.17, 15) is 30.3 Å². The van der Waals surface area contributed by atoms with E-state index in [1.807, 2.05) is 6.08 Å². The maximum absolute atomic E-state index is 13.2. The van der Waals surface area contributed by atoms with Crippen LogP contribution in [0.3, 0.4) is 0 Å². The number of nitrogens with one attached hydrogen (secondary N) is 1. The van der Waals surface area contributed by atoms with Gasteiger partial charge in [0.1, 0.15) is 24.4 Å². The number of hydrogen-bond donors (Lipinski definition) is 6.